The Bertz CT molecular complexity index is 1580. The van der Waals surface area contributed by atoms with Gasteiger partial charge in [0.2, 0.25) is 20.0 Å². The average Bonchev–Trinajstić information content (AvgIpc) is 3.15. The third-order valence-corrected chi connectivity index (χ3v) is 11.6. The van der Waals surface area contributed by atoms with Gasteiger partial charge in [-0.05, 0) is 42.8 Å². The van der Waals surface area contributed by atoms with Gasteiger partial charge >= 0.3 is 11.9 Å². The minimum atomic E-state index is -4.59. The molecule has 2 aromatic rings. The third kappa shape index (κ3) is 6.60. The summed E-state index contributed by atoms with van der Waals surface area (Å²) in [7, 11) is -12.6. The molecule has 202 valence electrons. The van der Waals surface area contributed by atoms with Gasteiger partial charge in [0, 0.05) is 19.1 Å². The van der Waals surface area contributed by atoms with Crippen molar-refractivity contribution in [2.24, 2.45) is 0 Å². The number of nitrogens with zero attached hydrogens (tertiary/aromatic N) is 1. The van der Waals surface area contributed by atoms with E-state index in [0.717, 1.165) is 40.7 Å². The Labute approximate surface area is 222 Å². The summed E-state index contributed by atoms with van der Waals surface area (Å²) in [5.41, 5.74) is -0.728. The van der Waals surface area contributed by atoms with E-state index in [0.29, 0.717) is 0 Å². The van der Waals surface area contributed by atoms with Crippen LogP contribution >= 0.6 is 23.2 Å². The number of carboxylic acid groups (broad SMARTS) is 2. The number of sulfone groups is 1. The van der Waals surface area contributed by atoms with Gasteiger partial charge in [-0.1, -0.05) is 23.2 Å². The number of halogens is 2. The lowest BCUT2D eigenvalue weighted by molar-refractivity contribution is 0.0685. The van der Waals surface area contributed by atoms with Gasteiger partial charge in [-0.2, -0.15) is 4.31 Å². The van der Waals surface area contributed by atoms with E-state index in [1.807, 2.05) is 0 Å². The molecule has 2 aromatic carbocycles. The van der Waals surface area contributed by atoms with Crippen molar-refractivity contribution in [1.29, 1.82) is 0 Å². The van der Waals surface area contributed by atoms with Crippen molar-refractivity contribution in [1.82, 2.24) is 9.03 Å². The Balaban J connectivity index is 1.94. The lowest BCUT2D eigenvalue weighted by Gasteiger charge is -2.28. The number of sulfonamides is 2. The van der Waals surface area contributed by atoms with Crippen molar-refractivity contribution in [3.63, 3.8) is 0 Å². The predicted octanol–water partition coefficient (Wildman–Crippen LogP) is 1.55. The Hall–Kier alpha value is -2.27. The van der Waals surface area contributed by atoms with E-state index in [1.54, 1.807) is 0 Å². The quantitative estimate of drug-likeness (QED) is 0.353. The van der Waals surface area contributed by atoms with E-state index in [2.05, 4.69) is 4.72 Å². The molecule has 0 radical (unpaired) electrons. The van der Waals surface area contributed by atoms with Crippen molar-refractivity contribution in [3.05, 3.63) is 57.6 Å². The first-order valence-corrected chi connectivity index (χ1v) is 15.8. The maximum absolute atomic E-state index is 13.5. The molecule has 3 N–H and O–H groups in total. The number of hydrogen-bond donors (Lipinski definition) is 3. The van der Waals surface area contributed by atoms with E-state index >= 15 is 0 Å². The van der Waals surface area contributed by atoms with Crippen molar-refractivity contribution in [3.8, 4) is 0 Å². The predicted molar refractivity (Wildman–Crippen MR) is 133 cm³/mol. The van der Waals surface area contributed by atoms with Crippen molar-refractivity contribution in [2.75, 3.05) is 24.6 Å². The number of hydrogen-bond acceptors (Lipinski definition) is 8. The van der Waals surface area contributed by atoms with Crippen molar-refractivity contribution < 1.29 is 45.1 Å². The molecule has 1 aliphatic rings. The maximum atomic E-state index is 13.5. The molecule has 1 aliphatic heterocycles. The number of benzene rings is 2. The molecule has 1 atom stereocenters. The molecule has 0 aliphatic carbocycles. The van der Waals surface area contributed by atoms with E-state index in [4.69, 9.17) is 28.3 Å². The number of carbonyl (C=O) groups is 2. The third-order valence-electron chi connectivity index (χ3n) is 5.47. The summed E-state index contributed by atoms with van der Waals surface area (Å²) in [6, 6.07) is 4.95. The molecule has 3 rings (SSSR count). The molecule has 0 bridgehead atoms. The SMILES string of the molecule is O=C(O)c1ccc(Cl)c(S(=O)(=O)NCCN([C@@H]2CCS(=O)(=O)C2)S(=O)(=O)c2cc(C(=O)O)ccc2Cl)c1. The second kappa shape index (κ2) is 10.8. The van der Waals surface area contributed by atoms with E-state index in [-0.39, 0.29) is 33.3 Å². The molecule has 0 amide bonds. The summed E-state index contributed by atoms with van der Waals surface area (Å²) in [5, 5.41) is 17.8. The van der Waals surface area contributed by atoms with Gasteiger partial charge in [-0.25, -0.2) is 39.6 Å². The summed E-state index contributed by atoms with van der Waals surface area (Å²) in [6.45, 7) is -1.10. The van der Waals surface area contributed by atoms with Crippen LogP contribution in [0.2, 0.25) is 10.0 Å². The second-order valence-corrected chi connectivity index (χ2v) is 14.6. The van der Waals surface area contributed by atoms with Crippen LogP contribution in [0.1, 0.15) is 27.1 Å². The van der Waals surface area contributed by atoms with Gasteiger partial charge in [0.15, 0.2) is 9.84 Å². The van der Waals surface area contributed by atoms with Crippen LogP contribution in [-0.2, 0) is 29.9 Å². The Kier molecular flexibility index (Phi) is 8.58. The van der Waals surface area contributed by atoms with Gasteiger partial charge in [0.1, 0.15) is 9.79 Å². The second-order valence-electron chi connectivity index (χ2n) is 7.97. The van der Waals surface area contributed by atoms with Gasteiger partial charge in [0.05, 0.1) is 32.7 Å². The summed E-state index contributed by atoms with van der Waals surface area (Å²) >= 11 is 12.0. The van der Waals surface area contributed by atoms with Gasteiger partial charge in [-0.3, -0.25) is 0 Å². The van der Waals surface area contributed by atoms with Crippen LogP contribution in [0.15, 0.2) is 46.2 Å². The largest absolute Gasteiger partial charge is 0.478 e. The molecule has 37 heavy (non-hydrogen) atoms. The Morgan fingerprint density at radius 2 is 1.46 bits per heavy atom. The molecular weight excluding hydrogens is 595 g/mol. The molecular formula is C20H20Cl2N2O10S3. The van der Waals surface area contributed by atoms with Crippen LogP contribution in [0.25, 0.3) is 0 Å². The molecule has 1 fully saturated rings. The van der Waals surface area contributed by atoms with Crippen LogP contribution in [-0.4, -0.2) is 82.3 Å². The Morgan fingerprint density at radius 3 is 1.95 bits per heavy atom. The smallest absolute Gasteiger partial charge is 0.335 e. The highest BCUT2D eigenvalue weighted by Gasteiger charge is 2.39. The van der Waals surface area contributed by atoms with Gasteiger partial charge < -0.3 is 10.2 Å². The molecule has 0 aromatic heterocycles. The van der Waals surface area contributed by atoms with Crippen LogP contribution in [0.4, 0.5) is 0 Å². The fourth-order valence-electron chi connectivity index (χ4n) is 3.67. The van der Waals surface area contributed by atoms with Crippen molar-refractivity contribution >= 4 is 65.0 Å². The fraction of sp³-hybridized carbons (Fsp3) is 0.300. The van der Waals surface area contributed by atoms with Crippen molar-refractivity contribution in [2.45, 2.75) is 22.3 Å². The molecule has 17 heteroatoms. The van der Waals surface area contributed by atoms with Gasteiger partial charge in [-0.15, -0.1) is 0 Å². The topological polar surface area (TPSA) is 192 Å². The van der Waals surface area contributed by atoms with E-state index in [9.17, 15) is 39.9 Å². The summed E-state index contributed by atoms with van der Waals surface area (Å²) < 4.78 is 79.6. The molecule has 0 spiro atoms. The monoisotopic (exact) mass is 614 g/mol. The zero-order valence-electron chi connectivity index (χ0n) is 18.7. The molecule has 0 unspecified atom stereocenters. The molecule has 1 saturated heterocycles. The van der Waals surface area contributed by atoms with E-state index in [1.165, 1.54) is 0 Å². The van der Waals surface area contributed by atoms with Crippen LogP contribution in [0, 0.1) is 0 Å². The first-order chi connectivity index (χ1) is 17.0. The number of carboxylic acids is 2. The number of nitrogens with one attached hydrogen (secondary N) is 1. The number of rotatable bonds is 10. The normalized spacial score (nSPS) is 17.6. The lowest BCUT2D eigenvalue weighted by atomic mass is 10.2. The minimum Gasteiger partial charge on any atom is -0.478 e. The summed E-state index contributed by atoms with van der Waals surface area (Å²) in [5.74, 6) is -3.64. The minimum absolute atomic E-state index is 0.0724. The zero-order chi connectivity index (χ0) is 27.8. The highest BCUT2D eigenvalue weighted by Crippen LogP contribution is 2.30. The van der Waals surface area contributed by atoms with Crippen LogP contribution in [0.5, 0.6) is 0 Å². The first kappa shape index (κ1) is 29.3. The molecule has 0 saturated carbocycles. The average molecular weight is 615 g/mol. The highest BCUT2D eigenvalue weighted by atomic mass is 35.5. The Morgan fingerprint density at radius 1 is 0.946 bits per heavy atom. The van der Waals surface area contributed by atoms with Gasteiger partial charge in [0.25, 0.3) is 0 Å². The molecule has 12 nitrogen and oxygen atoms in total. The standard InChI is InChI=1S/C20H20Cl2N2O10S3/c21-15-3-1-12(19(25)26)9-17(15)36(31,32)23-6-7-24(14-5-8-35(29,30)11-14)37(33,34)18-10-13(20(27)28)2-4-16(18)22/h1-4,9-10,14,23H,5-8,11H2,(H,25,26)(H,27,28)/t14-/m1/s1. The van der Waals surface area contributed by atoms with Crippen LogP contribution in [0.3, 0.4) is 0 Å². The lowest BCUT2D eigenvalue weighted by Crippen LogP contribution is -2.45. The molecule has 1 heterocycles. The first-order valence-electron chi connectivity index (χ1n) is 10.3. The fourth-order valence-corrected chi connectivity index (χ4v) is 9.20. The van der Waals surface area contributed by atoms with Crippen LogP contribution < -0.4 is 4.72 Å². The highest BCUT2D eigenvalue weighted by molar-refractivity contribution is 7.92. The summed E-state index contributed by atoms with van der Waals surface area (Å²) in [6.07, 6.45) is -0.0724. The zero-order valence-corrected chi connectivity index (χ0v) is 22.6. The maximum Gasteiger partial charge on any atom is 0.335 e. The number of aromatic carboxylic acids is 2. The van der Waals surface area contributed by atoms with E-state index < -0.39 is 76.5 Å². The summed E-state index contributed by atoms with van der Waals surface area (Å²) in [4.78, 5) is 21.4.